The summed E-state index contributed by atoms with van der Waals surface area (Å²) >= 11 is 0. The van der Waals surface area contributed by atoms with Gasteiger partial charge < -0.3 is 10.0 Å². The maximum Gasteiger partial charge on any atom is 0.293 e. The molecule has 168 valence electrons. The summed E-state index contributed by atoms with van der Waals surface area (Å²) in [5.74, 6) is 0. The van der Waals surface area contributed by atoms with Gasteiger partial charge in [-0.05, 0) is 37.0 Å². The molecule has 0 radical (unpaired) electrons. The first-order chi connectivity index (χ1) is 14.9. The average Bonchev–Trinajstić information content (AvgIpc) is 3.07. The molecule has 1 N–H and O–H groups in total. The van der Waals surface area contributed by atoms with E-state index < -0.39 is 14.9 Å². The van der Waals surface area contributed by atoms with Gasteiger partial charge in [0.05, 0.1) is 15.9 Å². The Kier molecular flexibility index (Phi) is 7.64. The summed E-state index contributed by atoms with van der Waals surface area (Å²) in [7, 11) is -2.08. The van der Waals surface area contributed by atoms with Crippen LogP contribution in [0.1, 0.15) is 43.7 Å². The van der Waals surface area contributed by atoms with Crippen LogP contribution in [0.3, 0.4) is 0 Å². The van der Waals surface area contributed by atoms with E-state index >= 15 is 0 Å². The van der Waals surface area contributed by atoms with Crippen molar-refractivity contribution in [2.45, 2.75) is 43.0 Å². The lowest BCUT2D eigenvalue weighted by atomic mass is 10.0. The van der Waals surface area contributed by atoms with E-state index in [0.29, 0.717) is 25.2 Å². The van der Waals surface area contributed by atoms with Crippen LogP contribution in [0.4, 0.5) is 11.4 Å². The van der Waals surface area contributed by atoms with Gasteiger partial charge in [-0.3, -0.25) is 10.1 Å². The molecule has 1 heterocycles. The number of benzene rings is 2. The molecule has 1 atom stereocenters. The van der Waals surface area contributed by atoms with E-state index in [2.05, 4.69) is 0 Å². The Hall–Kier alpha value is -2.49. The maximum absolute atomic E-state index is 13.1. The lowest BCUT2D eigenvalue weighted by Gasteiger charge is -2.30. The van der Waals surface area contributed by atoms with Crippen molar-refractivity contribution < 1.29 is 18.4 Å². The molecule has 8 nitrogen and oxygen atoms in total. The fraction of sp³-hybridized carbons (Fsp3) is 0.455. The third-order valence-corrected chi connectivity index (χ3v) is 7.68. The minimum atomic E-state index is -3.80. The van der Waals surface area contributed by atoms with Crippen molar-refractivity contribution in [2.75, 3.05) is 31.6 Å². The van der Waals surface area contributed by atoms with Gasteiger partial charge in [0.15, 0.2) is 0 Å². The minimum absolute atomic E-state index is 0.0586. The smallest absolute Gasteiger partial charge is 0.293 e. The SMILES string of the molecule is CN(c1ccc(S(=O)(=O)N2CCCCCC2)cc1[N+](=O)[O-])[C@@H](CCO)c1ccccc1. The van der Waals surface area contributed by atoms with Crippen LogP contribution in [0.5, 0.6) is 0 Å². The lowest BCUT2D eigenvalue weighted by molar-refractivity contribution is -0.384. The van der Waals surface area contributed by atoms with Crippen molar-refractivity contribution in [1.82, 2.24) is 4.31 Å². The van der Waals surface area contributed by atoms with Crippen molar-refractivity contribution in [2.24, 2.45) is 0 Å². The number of nitro benzene ring substituents is 1. The molecular formula is C22H29N3O5S. The van der Waals surface area contributed by atoms with Crippen molar-refractivity contribution in [3.63, 3.8) is 0 Å². The van der Waals surface area contributed by atoms with Crippen molar-refractivity contribution in [3.05, 3.63) is 64.2 Å². The zero-order chi connectivity index (χ0) is 22.4. The molecule has 0 spiro atoms. The van der Waals surface area contributed by atoms with E-state index in [1.165, 1.54) is 16.4 Å². The largest absolute Gasteiger partial charge is 0.396 e. The van der Waals surface area contributed by atoms with Gasteiger partial charge in [0.25, 0.3) is 5.69 Å². The highest BCUT2D eigenvalue weighted by molar-refractivity contribution is 7.89. The molecule has 0 aliphatic carbocycles. The lowest BCUT2D eigenvalue weighted by Crippen LogP contribution is -2.32. The quantitative estimate of drug-likeness (QED) is 0.489. The molecule has 9 heteroatoms. The van der Waals surface area contributed by atoms with Crippen LogP contribution in [0.2, 0.25) is 0 Å². The Morgan fingerprint density at radius 1 is 1.10 bits per heavy atom. The summed E-state index contributed by atoms with van der Waals surface area (Å²) in [5, 5.41) is 21.4. The van der Waals surface area contributed by atoms with Crippen LogP contribution in [0.15, 0.2) is 53.4 Å². The first-order valence-electron chi connectivity index (χ1n) is 10.5. The van der Waals surface area contributed by atoms with Gasteiger partial charge in [0, 0.05) is 32.8 Å². The fourth-order valence-electron chi connectivity index (χ4n) is 4.09. The van der Waals surface area contributed by atoms with Crippen LogP contribution in [0, 0.1) is 10.1 Å². The molecular weight excluding hydrogens is 418 g/mol. The van der Waals surface area contributed by atoms with Crippen LogP contribution in [-0.4, -0.2) is 49.5 Å². The van der Waals surface area contributed by atoms with Gasteiger partial charge in [-0.15, -0.1) is 0 Å². The number of hydrogen-bond donors (Lipinski definition) is 1. The summed E-state index contributed by atoms with van der Waals surface area (Å²) in [4.78, 5) is 13.0. The normalized spacial score (nSPS) is 16.5. The number of aliphatic hydroxyl groups is 1. The second kappa shape index (κ2) is 10.2. The first kappa shape index (κ1) is 23.2. The zero-order valence-electron chi connectivity index (χ0n) is 17.7. The molecule has 1 aliphatic heterocycles. The average molecular weight is 448 g/mol. The van der Waals surface area contributed by atoms with Crippen LogP contribution in [-0.2, 0) is 10.0 Å². The highest BCUT2D eigenvalue weighted by atomic mass is 32.2. The zero-order valence-corrected chi connectivity index (χ0v) is 18.5. The summed E-state index contributed by atoms with van der Waals surface area (Å²) in [6, 6.07) is 13.2. The van der Waals surface area contributed by atoms with E-state index in [0.717, 1.165) is 37.3 Å². The molecule has 0 unspecified atom stereocenters. The highest BCUT2D eigenvalue weighted by Crippen LogP contribution is 2.36. The van der Waals surface area contributed by atoms with E-state index in [9.17, 15) is 23.6 Å². The van der Waals surface area contributed by atoms with E-state index in [4.69, 9.17) is 0 Å². The summed E-state index contributed by atoms with van der Waals surface area (Å²) in [6.07, 6.45) is 3.94. The Morgan fingerprint density at radius 3 is 2.32 bits per heavy atom. The number of sulfonamides is 1. The number of nitro groups is 1. The number of hydrogen-bond acceptors (Lipinski definition) is 6. The minimum Gasteiger partial charge on any atom is -0.396 e. The maximum atomic E-state index is 13.1. The van der Waals surface area contributed by atoms with E-state index in [1.807, 2.05) is 30.3 Å². The van der Waals surface area contributed by atoms with Gasteiger partial charge in [-0.1, -0.05) is 43.2 Å². The molecule has 0 amide bonds. The monoisotopic (exact) mass is 447 g/mol. The standard InChI is InChI=1S/C22H29N3O5S/c1-23(20(13-16-26)18-9-5-4-6-10-18)21-12-11-19(17-22(21)25(27)28)31(29,30)24-14-7-2-3-8-15-24/h4-6,9-12,17,20,26H,2-3,7-8,13-16H2,1H3/t20-/m0/s1. The molecule has 1 saturated heterocycles. The summed E-state index contributed by atoms with van der Waals surface area (Å²) in [6.45, 7) is 0.786. The number of nitrogens with zero attached hydrogens (tertiary/aromatic N) is 3. The van der Waals surface area contributed by atoms with Crippen LogP contribution in [0.25, 0.3) is 0 Å². The van der Waals surface area contributed by atoms with Crippen molar-refractivity contribution in [3.8, 4) is 0 Å². The highest BCUT2D eigenvalue weighted by Gasteiger charge is 2.30. The Labute approximate surface area is 183 Å². The molecule has 1 aliphatic rings. The van der Waals surface area contributed by atoms with Gasteiger partial charge >= 0.3 is 0 Å². The predicted molar refractivity (Wildman–Crippen MR) is 120 cm³/mol. The fourth-order valence-corrected chi connectivity index (χ4v) is 5.63. The van der Waals surface area contributed by atoms with E-state index in [-0.39, 0.29) is 23.2 Å². The second-order valence-corrected chi connectivity index (χ2v) is 9.71. The van der Waals surface area contributed by atoms with Crippen LogP contribution >= 0.6 is 0 Å². The Balaban J connectivity index is 1.99. The summed E-state index contributed by atoms with van der Waals surface area (Å²) < 4.78 is 27.7. The molecule has 2 aromatic rings. The van der Waals surface area contributed by atoms with Crippen molar-refractivity contribution in [1.29, 1.82) is 0 Å². The van der Waals surface area contributed by atoms with Gasteiger partial charge in [0.1, 0.15) is 5.69 Å². The molecule has 2 aromatic carbocycles. The molecule has 0 aromatic heterocycles. The second-order valence-electron chi connectivity index (χ2n) is 7.78. The topological polar surface area (TPSA) is 104 Å². The van der Waals surface area contributed by atoms with E-state index in [1.54, 1.807) is 11.9 Å². The van der Waals surface area contributed by atoms with Gasteiger partial charge in [0.2, 0.25) is 10.0 Å². The molecule has 31 heavy (non-hydrogen) atoms. The number of anilines is 1. The van der Waals surface area contributed by atoms with Gasteiger partial charge in [-0.2, -0.15) is 4.31 Å². The third kappa shape index (κ3) is 5.23. The molecule has 0 bridgehead atoms. The molecule has 3 rings (SSSR count). The first-order valence-corrected chi connectivity index (χ1v) is 12.0. The molecule has 0 saturated carbocycles. The number of rotatable bonds is 8. The molecule has 1 fully saturated rings. The predicted octanol–water partition coefficient (Wildman–Crippen LogP) is 3.72. The van der Waals surface area contributed by atoms with Crippen LogP contribution < -0.4 is 4.90 Å². The third-order valence-electron chi connectivity index (χ3n) is 5.78. The summed E-state index contributed by atoms with van der Waals surface area (Å²) in [5.41, 5.74) is 0.953. The van der Waals surface area contributed by atoms with Gasteiger partial charge in [-0.25, -0.2) is 8.42 Å². The Morgan fingerprint density at radius 2 is 1.74 bits per heavy atom. The van der Waals surface area contributed by atoms with Crippen molar-refractivity contribution >= 4 is 21.4 Å². The Bertz CT molecular complexity index is 989. The number of aliphatic hydroxyl groups excluding tert-OH is 1.